The minimum absolute atomic E-state index is 0.272. The zero-order valence-corrected chi connectivity index (χ0v) is 18.9. The molecular formula is C26H32N2O4. The normalized spacial score (nSPS) is 10.7. The Morgan fingerprint density at radius 3 is 2.00 bits per heavy atom. The maximum absolute atomic E-state index is 12.1. The molecule has 0 amide bonds. The van der Waals surface area contributed by atoms with Crippen LogP contribution >= 0.6 is 0 Å². The predicted octanol–water partition coefficient (Wildman–Crippen LogP) is 4.17. The van der Waals surface area contributed by atoms with E-state index in [1.165, 1.54) is 0 Å². The fourth-order valence-corrected chi connectivity index (χ4v) is 3.06. The summed E-state index contributed by atoms with van der Waals surface area (Å²) in [5.74, 6) is 0.324. The zero-order chi connectivity index (χ0) is 23.7. The molecule has 0 fully saturated rings. The number of ether oxygens (including phenoxy) is 2. The number of nitrogens with two attached hydrogens (primary N) is 2. The van der Waals surface area contributed by atoms with Gasteiger partial charge in [0.05, 0.1) is 0 Å². The fraction of sp³-hybridized carbons (Fsp3) is 0.308. The molecule has 0 radical (unpaired) electrons. The summed E-state index contributed by atoms with van der Waals surface area (Å²) < 4.78 is 10.8. The van der Waals surface area contributed by atoms with Gasteiger partial charge in [0.1, 0.15) is 11.5 Å². The molecule has 2 rings (SSSR count). The van der Waals surface area contributed by atoms with Gasteiger partial charge in [-0.3, -0.25) is 0 Å². The average molecular weight is 437 g/mol. The Morgan fingerprint density at radius 1 is 0.875 bits per heavy atom. The largest absolute Gasteiger partial charge is 0.423 e. The number of esters is 2. The third-order valence-electron chi connectivity index (χ3n) is 5.08. The van der Waals surface area contributed by atoms with Gasteiger partial charge in [-0.1, -0.05) is 31.4 Å². The van der Waals surface area contributed by atoms with Crippen LogP contribution in [0.4, 0.5) is 0 Å². The number of carbonyl (C=O) groups is 2. The first-order valence-corrected chi connectivity index (χ1v) is 10.6. The van der Waals surface area contributed by atoms with E-state index >= 15 is 0 Å². The Bertz CT molecular complexity index is 976. The lowest BCUT2D eigenvalue weighted by Gasteiger charge is -2.15. The van der Waals surface area contributed by atoms with Crippen LogP contribution in [0, 0.1) is 5.92 Å². The van der Waals surface area contributed by atoms with Crippen molar-refractivity contribution in [3.05, 3.63) is 72.3 Å². The summed E-state index contributed by atoms with van der Waals surface area (Å²) in [5, 5.41) is 0. The van der Waals surface area contributed by atoms with Gasteiger partial charge < -0.3 is 20.9 Å². The van der Waals surface area contributed by atoms with Crippen molar-refractivity contribution >= 4 is 11.9 Å². The summed E-state index contributed by atoms with van der Waals surface area (Å²) in [7, 11) is 0. The molecule has 2 aromatic rings. The van der Waals surface area contributed by atoms with Gasteiger partial charge in [0.15, 0.2) is 0 Å². The third kappa shape index (κ3) is 7.18. The number of rotatable bonds is 11. The molecule has 170 valence electrons. The number of aryl methyl sites for hydroxylation is 1. The van der Waals surface area contributed by atoms with Crippen LogP contribution in [0.1, 0.15) is 32.3 Å². The Morgan fingerprint density at radius 2 is 1.44 bits per heavy atom. The molecule has 0 aliphatic rings. The number of hydrogen-bond acceptors (Lipinski definition) is 6. The van der Waals surface area contributed by atoms with Gasteiger partial charge >= 0.3 is 11.9 Å². The van der Waals surface area contributed by atoms with Crippen LogP contribution in [0.3, 0.4) is 0 Å². The van der Waals surface area contributed by atoms with Crippen molar-refractivity contribution in [2.45, 2.75) is 33.1 Å². The summed E-state index contributed by atoms with van der Waals surface area (Å²) in [6.07, 6.45) is 2.49. The molecule has 0 aliphatic carbocycles. The van der Waals surface area contributed by atoms with Crippen LogP contribution in [0.25, 0.3) is 11.1 Å². The minimum Gasteiger partial charge on any atom is -0.423 e. The zero-order valence-electron chi connectivity index (χ0n) is 18.9. The van der Waals surface area contributed by atoms with Crippen LogP contribution in [0.5, 0.6) is 11.5 Å². The van der Waals surface area contributed by atoms with Crippen LogP contribution in [-0.4, -0.2) is 25.0 Å². The summed E-state index contributed by atoms with van der Waals surface area (Å²) in [6.45, 7) is 11.6. The van der Waals surface area contributed by atoms with Gasteiger partial charge in [0, 0.05) is 11.1 Å². The van der Waals surface area contributed by atoms with E-state index in [1.807, 2.05) is 24.3 Å². The molecule has 32 heavy (non-hydrogen) atoms. The number of carbonyl (C=O) groups excluding carboxylic acids is 2. The van der Waals surface area contributed by atoms with Crippen molar-refractivity contribution in [3.8, 4) is 22.6 Å². The molecule has 0 heterocycles. The van der Waals surface area contributed by atoms with Gasteiger partial charge in [0.2, 0.25) is 0 Å². The van der Waals surface area contributed by atoms with E-state index in [9.17, 15) is 9.59 Å². The van der Waals surface area contributed by atoms with Crippen molar-refractivity contribution in [1.29, 1.82) is 0 Å². The monoisotopic (exact) mass is 436 g/mol. The predicted molar refractivity (Wildman–Crippen MR) is 127 cm³/mol. The highest BCUT2D eigenvalue weighted by Crippen LogP contribution is 2.30. The Kier molecular flexibility index (Phi) is 9.38. The van der Waals surface area contributed by atoms with E-state index in [-0.39, 0.29) is 5.92 Å². The van der Waals surface area contributed by atoms with Gasteiger partial charge in [-0.25, -0.2) is 9.59 Å². The highest BCUT2D eigenvalue weighted by atomic mass is 16.5. The SMILES string of the molecule is C=C(C)C(=O)Oc1ccc(-c2ccc(OC(=O)C(=C)C)c(CCCC(CN)CN)c2)cc1. The maximum Gasteiger partial charge on any atom is 0.338 e. The lowest BCUT2D eigenvalue weighted by molar-refractivity contribution is -0.131. The molecule has 0 aromatic heterocycles. The number of benzene rings is 2. The smallest absolute Gasteiger partial charge is 0.338 e. The molecule has 6 nitrogen and oxygen atoms in total. The first kappa shape index (κ1) is 25.0. The molecule has 0 bridgehead atoms. The van der Waals surface area contributed by atoms with Gasteiger partial charge in [0.25, 0.3) is 0 Å². The molecule has 0 aliphatic heterocycles. The summed E-state index contributed by atoms with van der Waals surface area (Å²) in [5.41, 5.74) is 15.0. The lowest BCUT2D eigenvalue weighted by atomic mass is 9.96. The lowest BCUT2D eigenvalue weighted by Crippen LogP contribution is -2.23. The second-order valence-corrected chi connectivity index (χ2v) is 7.92. The van der Waals surface area contributed by atoms with Crippen LogP contribution < -0.4 is 20.9 Å². The van der Waals surface area contributed by atoms with E-state index in [0.717, 1.165) is 36.0 Å². The third-order valence-corrected chi connectivity index (χ3v) is 5.08. The van der Waals surface area contributed by atoms with E-state index in [4.69, 9.17) is 20.9 Å². The Balaban J connectivity index is 2.25. The van der Waals surface area contributed by atoms with E-state index in [0.29, 0.717) is 35.7 Å². The molecule has 0 atom stereocenters. The highest BCUT2D eigenvalue weighted by Gasteiger charge is 2.13. The van der Waals surface area contributed by atoms with E-state index in [1.54, 1.807) is 32.0 Å². The van der Waals surface area contributed by atoms with Gasteiger partial charge in [-0.2, -0.15) is 0 Å². The summed E-state index contributed by atoms with van der Waals surface area (Å²) in [6, 6.07) is 12.9. The van der Waals surface area contributed by atoms with Gasteiger partial charge in [-0.15, -0.1) is 0 Å². The molecule has 2 aromatic carbocycles. The molecule has 6 heteroatoms. The first-order chi connectivity index (χ1) is 15.2. The highest BCUT2D eigenvalue weighted by molar-refractivity contribution is 5.89. The quantitative estimate of drug-likeness (QED) is 0.311. The van der Waals surface area contributed by atoms with E-state index in [2.05, 4.69) is 13.2 Å². The summed E-state index contributed by atoms with van der Waals surface area (Å²) >= 11 is 0. The maximum atomic E-state index is 12.1. The second-order valence-electron chi connectivity index (χ2n) is 7.92. The number of hydrogen-bond donors (Lipinski definition) is 2. The van der Waals surface area contributed by atoms with Crippen molar-refractivity contribution in [3.63, 3.8) is 0 Å². The summed E-state index contributed by atoms with van der Waals surface area (Å²) in [4.78, 5) is 23.8. The Labute approximate surface area is 189 Å². The van der Waals surface area contributed by atoms with Crippen molar-refractivity contribution < 1.29 is 19.1 Å². The van der Waals surface area contributed by atoms with Gasteiger partial charge in [-0.05, 0) is 93.1 Å². The molecule has 0 saturated carbocycles. The molecule has 4 N–H and O–H groups in total. The molecule has 0 spiro atoms. The molecule has 0 unspecified atom stereocenters. The van der Waals surface area contributed by atoms with Crippen molar-refractivity contribution in [1.82, 2.24) is 0 Å². The topological polar surface area (TPSA) is 105 Å². The molecular weight excluding hydrogens is 404 g/mol. The fourth-order valence-electron chi connectivity index (χ4n) is 3.06. The minimum atomic E-state index is -0.461. The van der Waals surface area contributed by atoms with Crippen LogP contribution in [-0.2, 0) is 16.0 Å². The van der Waals surface area contributed by atoms with Crippen molar-refractivity contribution in [2.24, 2.45) is 17.4 Å². The second kappa shape index (κ2) is 12.0. The first-order valence-electron chi connectivity index (χ1n) is 10.6. The van der Waals surface area contributed by atoms with E-state index < -0.39 is 11.9 Å². The van der Waals surface area contributed by atoms with Crippen LogP contribution in [0.2, 0.25) is 0 Å². The average Bonchev–Trinajstić information content (AvgIpc) is 2.78. The standard InChI is InChI=1S/C26H32N2O4/c1-17(2)25(29)31-23-11-8-20(9-12-23)21-10-13-24(32-26(30)18(3)4)22(14-21)7-5-6-19(15-27)16-28/h8-14,19H,1,3,5-7,15-16,27-28H2,2,4H3. The van der Waals surface area contributed by atoms with Crippen LogP contribution in [0.15, 0.2) is 66.8 Å². The van der Waals surface area contributed by atoms with Crippen molar-refractivity contribution in [2.75, 3.05) is 13.1 Å². The molecule has 0 saturated heterocycles. The Hall–Kier alpha value is -3.22.